The van der Waals surface area contributed by atoms with Crippen LogP contribution in [0.2, 0.25) is 0 Å². The van der Waals surface area contributed by atoms with Crippen molar-refractivity contribution in [3.8, 4) is 6.07 Å². The molecule has 1 N–H and O–H groups in total. The SMILES string of the molecule is N#Cc1ccccc1S(=O)(=O)Nc1cc(N2CCCC2)ccc1F. The number of hydrogen-bond acceptors (Lipinski definition) is 4. The zero-order valence-corrected chi connectivity index (χ0v) is 13.7. The van der Waals surface area contributed by atoms with E-state index in [-0.39, 0.29) is 16.1 Å². The summed E-state index contributed by atoms with van der Waals surface area (Å²) in [6, 6.07) is 12.0. The third-order valence-electron chi connectivity index (χ3n) is 3.96. The molecule has 0 saturated carbocycles. The van der Waals surface area contributed by atoms with Crippen LogP contribution < -0.4 is 9.62 Å². The molecule has 1 heterocycles. The van der Waals surface area contributed by atoms with E-state index < -0.39 is 15.8 Å². The average Bonchev–Trinajstić information content (AvgIpc) is 3.11. The number of hydrogen-bond donors (Lipinski definition) is 1. The minimum absolute atomic E-state index is 0.0149. The van der Waals surface area contributed by atoms with Crippen molar-refractivity contribution in [2.24, 2.45) is 0 Å². The van der Waals surface area contributed by atoms with E-state index in [0.717, 1.165) is 31.6 Å². The minimum Gasteiger partial charge on any atom is -0.371 e. The summed E-state index contributed by atoms with van der Waals surface area (Å²) >= 11 is 0. The second-order valence-corrected chi connectivity index (χ2v) is 7.22. The Hall–Kier alpha value is -2.59. The third-order valence-corrected chi connectivity index (χ3v) is 5.39. The molecule has 124 valence electrons. The highest BCUT2D eigenvalue weighted by Gasteiger charge is 2.21. The van der Waals surface area contributed by atoms with Gasteiger partial charge in [-0.2, -0.15) is 5.26 Å². The summed E-state index contributed by atoms with van der Waals surface area (Å²) in [5.74, 6) is -0.657. The van der Waals surface area contributed by atoms with Gasteiger partial charge in [-0.1, -0.05) is 12.1 Å². The van der Waals surface area contributed by atoms with Gasteiger partial charge >= 0.3 is 0 Å². The third kappa shape index (κ3) is 3.19. The average molecular weight is 345 g/mol. The van der Waals surface area contributed by atoms with Crippen LogP contribution in [0.25, 0.3) is 0 Å². The molecule has 0 spiro atoms. The van der Waals surface area contributed by atoms with E-state index in [1.165, 1.54) is 30.3 Å². The smallest absolute Gasteiger partial charge is 0.263 e. The molecule has 0 amide bonds. The summed E-state index contributed by atoms with van der Waals surface area (Å²) in [5.41, 5.74) is 0.674. The van der Waals surface area contributed by atoms with Gasteiger partial charge in [-0.25, -0.2) is 12.8 Å². The van der Waals surface area contributed by atoms with Crippen molar-refractivity contribution in [1.29, 1.82) is 5.26 Å². The lowest BCUT2D eigenvalue weighted by Gasteiger charge is -2.19. The Morgan fingerprint density at radius 2 is 1.83 bits per heavy atom. The first kappa shape index (κ1) is 16.3. The van der Waals surface area contributed by atoms with Crippen molar-refractivity contribution in [1.82, 2.24) is 0 Å². The fraction of sp³-hybridized carbons (Fsp3) is 0.235. The van der Waals surface area contributed by atoms with Crippen LogP contribution in [0.15, 0.2) is 47.4 Å². The second-order valence-electron chi connectivity index (χ2n) is 5.57. The summed E-state index contributed by atoms with van der Waals surface area (Å²) in [6.07, 6.45) is 2.13. The maximum atomic E-state index is 14.1. The Labute approximate surface area is 140 Å². The van der Waals surface area contributed by atoms with Crippen molar-refractivity contribution >= 4 is 21.4 Å². The first-order chi connectivity index (χ1) is 11.5. The van der Waals surface area contributed by atoms with Gasteiger partial charge in [0.2, 0.25) is 0 Å². The summed E-state index contributed by atoms with van der Waals surface area (Å²) in [4.78, 5) is 1.92. The number of anilines is 2. The lowest BCUT2D eigenvalue weighted by atomic mass is 10.2. The number of nitriles is 1. The van der Waals surface area contributed by atoms with Gasteiger partial charge in [0.1, 0.15) is 16.8 Å². The molecule has 0 atom stereocenters. The minimum atomic E-state index is -4.05. The molecule has 5 nitrogen and oxygen atoms in total. The largest absolute Gasteiger partial charge is 0.371 e. The second kappa shape index (κ2) is 6.49. The summed E-state index contributed by atoms with van der Waals surface area (Å²) in [6.45, 7) is 1.74. The van der Waals surface area contributed by atoms with Crippen LogP contribution in [0.5, 0.6) is 0 Å². The molecule has 0 bridgehead atoms. The Bertz CT molecular complexity index is 900. The van der Waals surface area contributed by atoms with Crippen LogP contribution in [0.1, 0.15) is 18.4 Å². The lowest BCUT2D eigenvalue weighted by Crippen LogP contribution is -2.19. The van der Waals surface area contributed by atoms with Crippen molar-refractivity contribution in [2.75, 3.05) is 22.7 Å². The Morgan fingerprint density at radius 3 is 2.54 bits per heavy atom. The van der Waals surface area contributed by atoms with Crippen LogP contribution in [-0.2, 0) is 10.0 Å². The van der Waals surface area contributed by atoms with E-state index in [9.17, 15) is 12.8 Å². The number of nitrogens with one attached hydrogen (secondary N) is 1. The van der Waals surface area contributed by atoms with Crippen LogP contribution >= 0.6 is 0 Å². The van der Waals surface area contributed by atoms with Crippen molar-refractivity contribution in [2.45, 2.75) is 17.7 Å². The molecule has 1 aliphatic rings. The molecule has 0 aromatic heterocycles. The topological polar surface area (TPSA) is 73.2 Å². The molecule has 0 radical (unpaired) electrons. The number of halogens is 1. The Balaban J connectivity index is 1.95. The molecule has 7 heteroatoms. The Kier molecular flexibility index (Phi) is 4.40. The van der Waals surface area contributed by atoms with Gasteiger partial charge in [-0.05, 0) is 43.2 Å². The van der Waals surface area contributed by atoms with Crippen LogP contribution in [0.4, 0.5) is 15.8 Å². The lowest BCUT2D eigenvalue weighted by molar-refractivity contribution is 0.598. The molecular weight excluding hydrogens is 329 g/mol. The number of benzene rings is 2. The molecule has 1 aliphatic heterocycles. The first-order valence-electron chi connectivity index (χ1n) is 7.58. The van der Waals surface area contributed by atoms with Gasteiger partial charge in [-0.15, -0.1) is 0 Å². The van der Waals surface area contributed by atoms with E-state index in [4.69, 9.17) is 5.26 Å². The standard InChI is InChI=1S/C17H16FN3O2S/c18-15-8-7-14(21-9-3-4-10-21)11-16(15)20-24(22,23)17-6-2-1-5-13(17)12-19/h1-2,5-8,11,20H,3-4,9-10H2. The summed E-state index contributed by atoms with van der Waals surface area (Å²) in [5, 5.41) is 9.07. The van der Waals surface area contributed by atoms with Crippen LogP contribution in [-0.4, -0.2) is 21.5 Å². The van der Waals surface area contributed by atoms with E-state index in [2.05, 4.69) is 9.62 Å². The van der Waals surface area contributed by atoms with Crippen molar-refractivity contribution < 1.29 is 12.8 Å². The van der Waals surface area contributed by atoms with E-state index in [0.29, 0.717) is 0 Å². The highest BCUT2D eigenvalue weighted by atomic mass is 32.2. The van der Waals surface area contributed by atoms with Gasteiger partial charge in [0.15, 0.2) is 0 Å². The molecule has 1 saturated heterocycles. The molecule has 2 aromatic rings. The predicted molar refractivity (Wildman–Crippen MR) is 89.8 cm³/mol. The number of sulfonamides is 1. The molecule has 2 aromatic carbocycles. The first-order valence-corrected chi connectivity index (χ1v) is 9.06. The quantitative estimate of drug-likeness (QED) is 0.924. The predicted octanol–water partition coefficient (Wildman–Crippen LogP) is 3.10. The van der Waals surface area contributed by atoms with Crippen molar-refractivity contribution in [3.63, 3.8) is 0 Å². The van der Waals surface area contributed by atoms with Gasteiger partial charge in [0.05, 0.1) is 11.3 Å². The van der Waals surface area contributed by atoms with E-state index >= 15 is 0 Å². The molecule has 0 unspecified atom stereocenters. The maximum Gasteiger partial charge on any atom is 0.263 e. The number of nitrogens with zero attached hydrogens (tertiary/aromatic N) is 2. The zero-order chi connectivity index (χ0) is 17.2. The zero-order valence-electron chi connectivity index (χ0n) is 12.9. The molecule has 0 aliphatic carbocycles. The summed E-state index contributed by atoms with van der Waals surface area (Å²) in [7, 11) is -4.05. The monoisotopic (exact) mass is 345 g/mol. The van der Waals surface area contributed by atoms with Gasteiger partial charge in [0, 0.05) is 18.8 Å². The number of rotatable bonds is 4. The fourth-order valence-electron chi connectivity index (χ4n) is 2.76. The van der Waals surface area contributed by atoms with Gasteiger partial charge in [-0.3, -0.25) is 4.72 Å². The fourth-order valence-corrected chi connectivity index (χ4v) is 3.97. The highest BCUT2D eigenvalue weighted by molar-refractivity contribution is 7.92. The summed E-state index contributed by atoms with van der Waals surface area (Å²) < 4.78 is 41.4. The Morgan fingerprint density at radius 1 is 1.12 bits per heavy atom. The maximum absolute atomic E-state index is 14.1. The van der Waals surface area contributed by atoms with Crippen LogP contribution in [0, 0.1) is 17.1 Å². The van der Waals surface area contributed by atoms with Crippen LogP contribution in [0.3, 0.4) is 0 Å². The highest BCUT2D eigenvalue weighted by Crippen LogP contribution is 2.28. The van der Waals surface area contributed by atoms with Gasteiger partial charge < -0.3 is 4.90 Å². The van der Waals surface area contributed by atoms with E-state index in [1.54, 1.807) is 12.1 Å². The molecule has 24 heavy (non-hydrogen) atoms. The van der Waals surface area contributed by atoms with E-state index in [1.807, 2.05) is 6.07 Å². The molecular formula is C17H16FN3O2S. The molecule has 1 fully saturated rings. The van der Waals surface area contributed by atoms with Crippen molar-refractivity contribution in [3.05, 3.63) is 53.8 Å². The van der Waals surface area contributed by atoms with Gasteiger partial charge in [0.25, 0.3) is 10.0 Å². The normalized spacial score (nSPS) is 14.4. The molecule has 3 rings (SSSR count).